The van der Waals surface area contributed by atoms with Crippen molar-refractivity contribution < 1.29 is 0 Å². The van der Waals surface area contributed by atoms with Gasteiger partial charge in [0.2, 0.25) is 5.82 Å². The third-order valence-electron chi connectivity index (χ3n) is 3.62. The molecule has 1 heterocycles. The Balaban J connectivity index is 1.79. The fourth-order valence-electron chi connectivity index (χ4n) is 2.27. The molecule has 3 aromatic rings. The van der Waals surface area contributed by atoms with Crippen LogP contribution in [0.5, 0.6) is 0 Å². The van der Waals surface area contributed by atoms with E-state index in [0.29, 0.717) is 11.7 Å². The summed E-state index contributed by atoms with van der Waals surface area (Å²) in [6.45, 7) is 2.46. The highest BCUT2D eigenvalue weighted by molar-refractivity contribution is 9.10. The quantitative estimate of drug-likeness (QED) is 0.475. The molecule has 0 amide bonds. The molecule has 3 rings (SSSR count). The Hall–Kier alpha value is -1.64. The molecule has 0 spiro atoms. The van der Waals surface area contributed by atoms with Crippen molar-refractivity contribution in [2.75, 3.05) is 5.32 Å². The van der Waals surface area contributed by atoms with Gasteiger partial charge in [0.15, 0.2) is 5.16 Å². The van der Waals surface area contributed by atoms with E-state index >= 15 is 0 Å². The number of nitrogens with zero attached hydrogens (tertiary/aromatic N) is 3. The Morgan fingerprint density at radius 3 is 2.23 bits per heavy atom. The number of hydrogen-bond donors (Lipinski definition) is 1. The Kier molecular flexibility index (Phi) is 6.50. The lowest BCUT2D eigenvalue weighted by atomic mass is 10.2. The molecule has 0 bridgehead atoms. The zero-order chi connectivity index (χ0) is 18.5. The predicted octanol–water partition coefficient (Wildman–Crippen LogP) is 5.22. The highest BCUT2D eigenvalue weighted by Crippen LogP contribution is 2.22. The number of hydrogen-bond acceptors (Lipinski definition) is 5. The molecule has 134 valence electrons. The highest BCUT2D eigenvalue weighted by atomic mass is 79.9. The van der Waals surface area contributed by atoms with E-state index in [2.05, 4.69) is 47.4 Å². The Morgan fingerprint density at radius 1 is 1.00 bits per heavy atom. The van der Waals surface area contributed by atoms with Gasteiger partial charge in [-0.25, -0.2) is 0 Å². The van der Waals surface area contributed by atoms with Crippen LogP contribution in [0.2, 0.25) is 0 Å². The molecule has 0 atom stereocenters. The summed E-state index contributed by atoms with van der Waals surface area (Å²) in [4.78, 5) is 12.7. The van der Waals surface area contributed by atoms with Crippen LogP contribution < -0.4 is 10.9 Å². The lowest BCUT2D eigenvalue weighted by Gasteiger charge is -2.11. The van der Waals surface area contributed by atoms with E-state index in [1.54, 1.807) is 4.57 Å². The maximum Gasteiger partial charge on any atom is 0.297 e. The molecule has 0 aliphatic heterocycles. The zero-order valence-corrected chi connectivity index (χ0v) is 17.9. The summed E-state index contributed by atoms with van der Waals surface area (Å²) in [5.74, 6) is 0.947. The van der Waals surface area contributed by atoms with Crippen molar-refractivity contribution in [1.82, 2.24) is 14.8 Å². The molecule has 26 heavy (non-hydrogen) atoms. The smallest absolute Gasteiger partial charge is 0.297 e. The molecule has 0 saturated heterocycles. The van der Waals surface area contributed by atoms with Crippen molar-refractivity contribution in [3.63, 3.8) is 0 Å². The normalized spacial score (nSPS) is 10.7. The lowest BCUT2D eigenvalue weighted by molar-refractivity contribution is 0.597. The van der Waals surface area contributed by atoms with Crippen molar-refractivity contribution in [3.05, 3.63) is 73.4 Å². The average molecular weight is 496 g/mol. The molecule has 0 aliphatic rings. The zero-order valence-electron chi connectivity index (χ0n) is 13.9. The molecule has 0 fully saturated rings. The number of rotatable bonds is 6. The summed E-state index contributed by atoms with van der Waals surface area (Å²) in [5, 5.41) is 12.0. The van der Waals surface area contributed by atoms with Crippen molar-refractivity contribution in [1.29, 1.82) is 0 Å². The third kappa shape index (κ3) is 4.75. The Labute approximate surface area is 172 Å². The van der Waals surface area contributed by atoms with E-state index < -0.39 is 0 Å². The summed E-state index contributed by atoms with van der Waals surface area (Å²) in [5.41, 5.74) is 1.77. The van der Waals surface area contributed by atoms with Crippen molar-refractivity contribution in [2.45, 2.75) is 24.4 Å². The van der Waals surface area contributed by atoms with Crippen LogP contribution in [0.25, 0.3) is 0 Å². The summed E-state index contributed by atoms with van der Waals surface area (Å²) < 4.78 is 3.65. The molecule has 1 aromatic heterocycles. The van der Waals surface area contributed by atoms with Crippen LogP contribution in [0, 0.1) is 0 Å². The first-order valence-electron chi connectivity index (χ1n) is 7.94. The number of anilines is 2. The van der Waals surface area contributed by atoms with Crippen LogP contribution in [0.15, 0.2) is 67.4 Å². The van der Waals surface area contributed by atoms with Gasteiger partial charge in [-0.3, -0.25) is 9.36 Å². The van der Waals surface area contributed by atoms with Gasteiger partial charge in [0.1, 0.15) is 0 Å². The molecule has 8 heteroatoms. The van der Waals surface area contributed by atoms with Gasteiger partial charge in [0.05, 0.1) is 0 Å². The topological polar surface area (TPSA) is 59.8 Å². The average Bonchev–Trinajstić information content (AvgIpc) is 2.65. The minimum Gasteiger partial charge on any atom is -0.334 e. The van der Waals surface area contributed by atoms with Gasteiger partial charge >= 0.3 is 0 Å². The molecular formula is C18H16Br2N4OS. The molecule has 1 N–H and O–H groups in total. The highest BCUT2D eigenvalue weighted by Gasteiger charge is 2.12. The van der Waals surface area contributed by atoms with Crippen LogP contribution in [0.3, 0.4) is 0 Å². The minimum atomic E-state index is -0.177. The van der Waals surface area contributed by atoms with Crippen LogP contribution in [-0.4, -0.2) is 14.8 Å². The van der Waals surface area contributed by atoms with Gasteiger partial charge in [-0.15, -0.1) is 10.2 Å². The minimum absolute atomic E-state index is 0.177. The maximum absolute atomic E-state index is 12.7. The second kappa shape index (κ2) is 8.83. The molecule has 0 saturated carbocycles. The first kappa shape index (κ1) is 19.1. The van der Waals surface area contributed by atoms with Gasteiger partial charge in [-0.1, -0.05) is 55.8 Å². The van der Waals surface area contributed by atoms with Gasteiger partial charge < -0.3 is 5.32 Å². The number of thioether (sulfide) groups is 1. The van der Waals surface area contributed by atoms with Crippen molar-refractivity contribution >= 4 is 55.1 Å². The SMILES string of the molecule is CCn1c(SCc2ccc(Br)cc2)nnc(Nc2ccc(Br)cc2)c1=O. The monoisotopic (exact) mass is 494 g/mol. The number of nitrogens with one attached hydrogen (secondary N) is 1. The predicted molar refractivity (Wildman–Crippen MR) is 113 cm³/mol. The van der Waals surface area contributed by atoms with E-state index in [1.807, 2.05) is 55.5 Å². The largest absolute Gasteiger partial charge is 0.334 e. The Bertz CT molecular complexity index is 943. The number of aromatic nitrogens is 3. The summed E-state index contributed by atoms with van der Waals surface area (Å²) in [6, 6.07) is 15.6. The Morgan fingerprint density at radius 2 is 1.62 bits per heavy atom. The summed E-state index contributed by atoms with van der Waals surface area (Å²) in [6.07, 6.45) is 0. The standard InChI is InChI=1S/C18H16Br2N4OS/c1-2-24-17(25)16(21-15-9-7-14(20)8-10-15)22-23-18(24)26-11-12-3-5-13(19)6-4-12/h3-10H,2,11H2,1H3,(H,21,22). The van der Waals surface area contributed by atoms with Crippen LogP contribution in [0.1, 0.15) is 12.5 Å². The van der Waals surface area contributed by atoms with E-state index in [0.717, 1.165) is 25.9 Å². The van der Waals surface area contributed by atoms with Crippen LogP contribution in [-0.2, 0) is 12.3 Å². The lowest BCUT2D eigenvalue weighted by Crippen LogP contribution is -2.26. The van der Waals surface area contributed by atoms with Crippen molar-refractivity contribution in [3.8, 4) is 0 Å². The third-order valence-corrected chi connectivity index (χ3v) is 5.71. The molecule has 5 nitrogen and oxygen atoms in total. The van der Waals surface area contributed by atoms with Gasteiger partial charge in [-0.05, 0) is 48.9 Å². The molecule has 0 unspecified atom stereocenters. The summed E-state index contributed by atoms with van der Waals surface area (Å²) in [7, 11) is 0. The molecule has 0 radical (unpaired) electrons. The van der Waals surface area contributed by atoms with Crippen molar-refractivity contribution in [2.24, 2.45) is 0 Å². The van der Waals surface area contributed by atoms with E-state index in [4.69, 9.17) is 0 Å². The van der Waals surface area contributed by atoms with Crippen LogP contribution >= 0.6 is 43.6 Å². The maximum atomic E-state index is 12.7. The fourth-order valence-corrected chi connectivity index (χ4v) is 3.75. The fraction of sp³-hybridized carbons (Fsp3) is 0.167. The van der Waals surface area contributed by atoms with Gasteiger partial charge in [-0.2, -0.15) is 0 Å². The molecular weight excluding hydrogens is 480 g/mol. The van der Waals surface area contributed by atoms with Crippen LogP contribution in [0.4, 0.5) is 11.5 Å². The number of halogens is 2. The number of benzene rings is 2. The second-order valence-corrected chi connectivity index (χ2v) is 8.20. The first-order chi connectivity index (χ1) is 12.6. The van der Waals surface area contributed by atoms with E-state index in [-0.39, 0.29) is 11.4 Å². The van der Waals surface area contributed by atoms with E-state index in [9.17, 15) is 4.79 Å². The summed E-state index contributed by atoms with van der Waals surface area (Å²) >= 11 is 8.32. The first-order valence-corrected chi connectivity index (χ1v) is 10.5. The molecule has 2 aromatic carbocycles. The van der Waals surface area contributed by atoms with Gasteiger partial charge in [0, 0.05) is 26.9 Å². The molecule has 0 aliphatic carbocycles. The van der Waals surface area contributed by atoms with Gasteiger partial charge in [0.25, 0.3) is 5.56 Å². The van der Waals surface area contributed by atoms with E-state index in [1.165, 1.54) is 11.8 Å². The second-order valence-electron chi connectivity index (χ2n) is 5.43.